The second-order valence-corrected chi connectivity index (χ2v) is 10.9. The molecule has 2 aromatic carbocycles. The van der Waals surface area contributed by atoms with E-state index in [0.717, 1.165) is 16.3 Å². The Kier molecular flexibility index (Phi) is 3.76. The first kappa shape index (κ1) is 13.8. The van der Waals surface area contributed by atoms with Crippen LogP contribution in [0.15, 0.2) is 36.4 Å². The molecule has 0 saturated heterocycles. The quantitative estimate of drug-likeness (QED) is 0.854. The number of hydrogen-bond donors (Lipinski definition) is 1. The molecule has 3 heteroatoms. The first-order valence-corrected chi connectivity index (χ1v) is 10.3. The van der Waals surface area contributed by atoms with Gasteiger partial charge in [-0.05, 0) is 22.9 Å². The molecule has 1 amide bonds. The van der Waals surface area contributed by atoms with Gasteiger partial charge in [-0.25, -0.2) is 0 Å². The SMILES string of the molecule is CCNC(=O)c1c([Si](C)(C)C)ccc2ccccc12. The van der Waals surface area contributed by atoms with Gasteiger partial charge in [-0.1, -0.05) is 56.0 Å². The van der Waals surface area contributed by atoms with Gasteiger partial charge in [0.1, 0.15) is 0 Å². The fourth-order valence-corrected chi connectivity index (χ4v) is 3.97. The minimum absolute atomic E-state index is 0.0525. The summed E-state index contributed by atoms with van der Waals surface area (Å²) >= 11 is 0. The lowest BCUT2D eigenvalue weighted by atomic mass is 10.0. The van der Waals surface area contributed by atoms with Gasteiger partial charge in [0.15, 0.2) is 0 Å². The van der Waals surface area contributed by atoms with Crippen LogP contribution in [-0.2, 0) is 0 Å². The molecule has 0 saturated carbocycles. The van der Waals surface area contributed by atoms with Crippen molar-refractivity contribution in [3.63, 3.8) is 0 Å². The predicted octanol–water partition coefficient (Wildman–Crippen LogP) is 3.13. The van der Waals surface area contributed by atoms with Gasteiger partial charge in [-0.3, -0.25) is 4.79 Å². The first-order chi connectivity index (χ1) is 8.95. The number of carbonyl (C=O) groups excluding carboxylic acids is 1. The summed E-state index contributed by atoms with van der Waals surface area (Å²) < 4.78 is 0. The first-order valence-electron chi connectivity index (χ1n) is 6.75. The Morgan fingerprint density at radius 2 is 1.79 bits per heavy atom. The maximum atomic E-state index is 12.4. The molecule has 0 heterocycles. The van der Waals surface area contributed by atoms with Crippen LogP contribution in [0.1, 0.15) is 17.3 Å². The minimum Gasteiger partial charge on any atom is -0.352 e. The third-order valence-electron chi connectivity index (χ3n) is 3.30. The van der Waals surface area contributed by atoms with Crippen LogP contribution in [0, 0.1) is 0 Å². The smallest absolute Gasteiger partial charge is 0.251 e. The van der Waals surface area contributed by atoms with Crippen molar-refractivity contribution < 1.29 is 4.79 Å². The maximum Gasteiger partial charge on any atom is 0.251 e. The van der Waals surface area contributed by atoms with Gasteiger partial charge in [0.25, 0.3) is 5.91 Å². The summed E-state index contributed by atoms with van der Waals surface area (Å²) in [6.45, 7) is 9.45. The Balaban J connectivity index is 2.75. The highest BCUT2D eigenvalue weighted by Crippen LogP contribution is 2.20. The highest BCUT2D eigenvalue weighted by molar-refractivity contribution is 6.89. The molecule has 2 nitrogen and oxygen atoms in total. The van der Waals surface area contributed by atoms with Gasteiger partial charge >= 0.3 is 0 Å². The predicted molar refractivity (Wildman–Crippen MR) is 84.9 cm³/mol. The second kappa shape index (κ2) is 5.17. The molecule has 0 radical (unpaired) electrons. The average Bonchev–Trinajstić information content (AvgIpc) is 2.36. The van der Waals surface area contributed by atoms with Crippen molar-refractivity contribution in [2.45, 2.75) is 26.6 Å². The standard InChI is InChI=1S/C16H21NOSi/c1-5-17-16(18)15-13-9-7-6-8-12(13)10-11-14(15)19(2,3)4/h6-11H,5H2,1-4H3,(H,17,18). The van der Waals surface area contributed by atoms with E-state index in [9.17, 15) is 4.79 Å². The van der Waals surface area contributed by atoms with E-state index < -0.39 is 8.07 Å². The van der Waals surface area contributed by atoms with Crippen molar-refractivity contribution >= 4 is 29.9 Å². The van der Waals surface area contributed by atoms with Crippen LogP contribution in [0.2, 0.25) is 19.6 Å². The molecule has 2 aromatic rings. The molecule has 0 fully saturated rings. The molecule has 0 aliphatic carbocycles. The van der Waals surface area contributed by atoms with Crippen molar-refractivity contribution in [3.05, 3.63) is 42.0 Å². The van der Waals surface area contributed by atoms with Crippen molar-refractivity contribution in [2.24, 2.45) is 0 Å². The number of benzene rings is 2. The van der Waals surface area contributed by atoms with Crippen molar-refractivity contribution in [1.82, 2.24) is 5.32 Å². The fourth-order valence-electron chi connectivity index (χ4n) is 2.39. The molecule has 0 spiro atoms. The number of nitrogens with one attached hydrogen (secondary N) is 1. The molecule has 0 atom stereocenters. The van der Waals surface area contributed by atoms with Crippen molar-refractivity contribution in [1.29, 1.82) is 0 Å². The third-order valence-corrected chi connectivity index (χ3v) is 5.33. The lowest BCUT2D eigenvalue weighted by Crippen LogP contribution is -2.43. The van der Waals surface area contributed by atoms with Crippen molar-refractivity contribution in [3.8, 4) is 0 Å². The topological polar surface area (TPSA) is 29.1 Å². The molecule has 0 aromatic heterocycles. The van der Waals surface area contributed by atoms with Gasteiger partial charge in [0.05, 0.1) is 8.07 Å². The number of rotatable bonds is 3. The van der Waals surface area contributed by atoms with Gasteiger partial charge < -0.3 is 5.32 Å². The Morgan fingerprint density at radius 1 is 1.11 bits per heavy atom. The van der Waals surface area contributed by atoms with Gasteiger partial charge in [0.2, 0.25) is 0 Å². The summed E-state index contributed by atoms with van der Waals surface area (Å²) in [5.74, 6) is 0.0525. The molecule has 1 N–H and O–H groups in total. The lowest BCUT2D eigenvalue weighted by Gasteiger charge is -2.22. The van der Waals surface area contributed by atoms with E-state index in [-0.39, 0.29) is 5.91 Å². The van der Waals surface area contributed by atoms with Crippen LogP contribution < -0.4 is 10.5 Å². The summed E-state index contributed by atoms with van der Waals surface area (Å²) in [7, 11) is -1.55. The van der Waals surface area contributed by atoms with Crippen LogP contribution in [0.4, 0.5) is 0 Å². The second-order valence-electron chi connectivity index (χ2n) is 5.82. The van der Waals surface area contributed by atoms with E-state index in [1.807, 2.05) is 25.1 Å². The molecular formula is C16H21NOSi. The van der Waals surface area contributed by atoms with Crippen LogP contribution in [-0.4, -0.2) is 20.5 Å². The monoisotopic (exact) mass is 271 g/mol. The summed E-state index contributed by atoms with van der Waals surface area (Å²) in [5, 5.41) is 6.38. The molecule has 0 aliphatic rings. The Hall–Kier alpha value is -1.61. The van der Waals surface area contributed by atoms with Gasteiger partial charge in [0, 0.05) is 12.1 Å². The third kappa shape index (κ3) is 2.71. The Bertz CT molecular complexity index is 614. The highest BCUT2D eigenvalue weighted by Gasteiger charge is 2.24. The summed E-state index contributed by atoms with van der Waals surface area (Å²) in [6.07, 6.45) is 0. The zero-order valence-electron chi connectivity index (χ0n) is 12.1. The van der Waals surface area contributed by atoms with E-state index in [1.165, 1.54) is 5.19 Å². The van der Waals surface area contributed by atoms with Gasteiger partial charge in [-0.2, -0.15) is 0 Å². The van der Waals surface area contributed by atoms with E-state index >= 15 is 0 Å². The lowest BCUT2D eigenvalue weighted by molar-refractivity contribution is 0.0958. The number of fused-ring (bicyclic) bond motifs is 1. The van der Waals surface area contributed by atoms with Crippen LogP contribution in [0.3, 0.4) is 0 Å². The highest BCUT2D eigenvalue weighted by atomic mass is 28.3. The van der Waals surface area contributed by atoms with Gasteiger partial charge in [-0.15, -0.1) is 0 Å². The van der Waals surface area contributed by atoms with E-state index in [4.69, 9.17) is 0 Å². The molecule has 0 bridgehead atoms. The molecule has 2 rings (SSSR count). The van der Waals surface area contributed by atoms with E-state index in [2.05, 4.69) is 43.2 Å². The largest absolute Gasteiger partial charge is 0.352 e. The minimum atomic E-state index is -1.55. The van der Waals surface area contributed by atoms with Crippen LogP contribution >= 0.6 is 0 Å². The summed E-state index contributed by atoms with van der Waals surface area (Å²) in [5.41, 5.74) is 0.874. The molecule has 100 valence electrons. The van der Waals surface area contributed by atoms with E-state index in [0.29, 0.717) is 6.54 Å². The fraction of sp³-hybridized carbons (Fsp3) is 0.312. The molecule has 0 aliphatic heterocycles. The van der Waals surface area contributed by atoms with Crippen LogP contribution in [0.25, 0.3) is 10.8 Å². The van der Waals surface area contributed by atoms with Crippen molar-refractivity contribution in [2.75, 3.05) is 6.54 Å². The average molecular weight is 271 g/mol. The summed E-state index contributed by atoms with van der Waals surface area (Å²) in [4.78, 5) is 12.4. The van der Waals surface area contributed by atoms with Crippen LogP contribution in [0.5, 0.6) is 0 Å². The zero-order chi connectivity index (χ0) is 14.0. The number of carbonyl (C=O) groups is 1. The maximum absolute atomic E-state index is 12.4. The summed E-state index contributed by atoms with van der Waals surface area (Å²) in [6, 6.07) is 12.4. The number of amides is 1. The van der Waals surface area contributed by atoms with E-state index in [1.54, 1.807) is 0 Å². The molecule has 0 unspecified atom stereocenters. The Morgan fingerprint density at radius 3 is 2.42 bits per heavy atom. The number of hydrogen-bond acceptors (Lipinski definition) is 1. The zero-order valence-corrected chi connectivity index (χ0v) is 13.1. The molecular weight excluding hydrogens is 250 g/mol. The normalized spacial score (nSPS) is 11.6. The Labute approximate surface area is 115 Å². The molecule has 19 heavy (non-hydrogen) atoms.